The Morgan fingerprint density at radius 1 is 1.50 bits per heavy atom. The van der Waals surface area contributed by atoms with E-state index in [0.29, 0.717) is 6.42 Å². The van der Waals surface area contributed by atoms with Gasteiger partial charge in [-0.25, -0.2) is 4.98 Å². The van der Waals surface area contributed by atoms with Gasteiger partial charge in [0.25, 0.3) is 0 Å². The molecule has 1 saturated carbocycles. The van der Waals surface area contributed by atoms with Crippen molar-refractivity contribution in [3.63, 3.8) is 0 Å². The second-order valence-electron chi connectivity index (χ2n) is 4.70. The van der Waals surface area contributed by atoms with Gasteiger partial charge in [-0.15, -0.1) is 11.3 Å². The predicted octanol–water partition coefficient (Wildman–Crippen LogP) is 3.71. The number of nitrogens with zero attached hydrogens (tertiary/aromatic N) is 1. The predicted molar refractivity (Wildman–Crippen MR) is 66.9 cm³/mol. The number of carbonyl (C=O) groups excluding carboxylic acids is 1. The maximum absolute atomic E-state index is 10.8. The molecule has 0 aliphatic heterocycles. The van der Waals surface area contributed by atoms with Crippen molar-refractivity contribution < 1.29 is 4.79 Å². The van der Waals surface area contributed by atoms with Crippen molar-refractivity contribution >= 4 is 17.1 Å². The van der Waals surface area contributed by atoms with Crippen molar-refractivity contribution in [2.45, 2.75) is 57.8 Å². The molecule has 2 rings (SSSR count). The zero-order valence-electron chi connectivity index (χ0n) is 9.87. The van der Waals surface area contributed by atoms with E-state index in [1.165, 1.54) is 36.4 Å². The molecule has 0 saturated heterocycles. The lowest BCUT2D eigenvalue weighted by atomic mass is 10.1. The molecule has 1 fully saturated rings. The second-order valence-corrected chi connectivity index (χ2v) is 5.65. The summed E-state index contributed by atoms with van der Waals surface area (Å²) in [6, 6.07) is 0. The molecule has 0 radical (unpaired) electrons. The van der Waals surface area contributed by atoms with Gasteiger partial charge in [0.1, 0.15) is 5.78 Å². The molecule has 0 amide bonds. The highest BCUT2D eigenvalue weighted by Gasteiger charge is 2.19. The van der Waals surface area contributed by atoms with Crippen LogP contribution < -0.4 is 0 Å². The first-order chi connectivity index (χ1) is 7.75. The molecular weight excluding hydrogens is 218 g/mol. The Balaban J connectivity index is 1.84. The summed E-state index contributed by atoms with van der Waals surface area (Å²) in [5.41, 5.74) is 1.31. The summed E-state index contributed by atoms with van der Waals surface area (Å²) < 4.78 is 0. The fourth-order valence-electron chi connectivity index (χ4n) is 2.34. The minimum absolute atomic E-state index is 0.285. The maximum atomic E-state index is 10.8. The van der Waals surface area contributed by atoms with Crippen molar-refractivity contribution in [1.29, 1.82) is 0 Å². The zero-order valence-corrected chi connectivity index (χ0v) is 10.7. The summed E-state index contributed by atoms with van der Waals surface area (Å²) in [6.07, 6.45) is 7.97. The molecule has 0 aromatic carbocycles. The van der Waals surface area contributed by atoms with Gasteiger partial charge in [-0.2, -0.15) is 0 Å². The monoisotopic (exact) mass is 237 g/mol. The van der Waals surface area contributed by atoms with E-state index in [9.17, 15) is 4.79 Å². The van der Waals surface area contributed by atoms with Crippen LogP contribution in [0.5, 0.6) is 0 Å². The van der Waals surface area contributed by atoms with Crippen LogP contribution in [0.15, 0.2) is 5.38 Å². The maximum Gasteiger partial charge on any atom is 0.129 e. The van der Waals surface area contributed by atoms with Crippen molar-refractivity contribution in [2.24, 2.45) is 0 Å². The third kappa shape index (κ3) is 3.14. The molecule has 1 aliphatic rings. The van der Waals surface area contributed by atoms with Crippen molar-refractivity contribution in [3.8, 4) is 0 Å². The number of aryl methyl sites for hydroxylation is 1. The lowest BCUT2D eigenvalue weighted by molar-refractivity contribution is -0.117. The number of hydrogen-bond acceptors (Lipinski definition) is 3. The van der Waals surface area contributed by atoms with Crippen molar-refractivity contribution in [2.75, 3.05) is 0 Å². The highest BCUT2D eigenvalue weighted by Crippen LogP contribution is 2.34. The number of ketones is 1. The highest BCUT2D eigenvalue weighted by molar-refractivity contribution is 7.09. The second kappa shape index (κ2) is 5.58. The van der Waals surface area contributed by atoms with E-state index in [4.69, 9.17) is 4.98 Å². The first-order valence-electron chi connectivity index (χ1n) is 6.19. The van der Waals surface area contributed by atoms with Gasteiger partial charge in [0.2, 0.25) is 0 Å². The first-order valence-corrected chi connectivity index (χ1v) is 7.07. The van der Waals surface area contributed by atoms with Gasteiger partial charge >= 0.3 is 0 Å². The van der Waals surface area contributed by atoms with Gasteiger partial charge in [0.15, 0.2) is 0 Å². The summed E-state index contributed by atoms with van der Waals surface area (Å²) in [5.74, 6) is 1.00. The number of thiazole rings is 1. The number of aromatic nitrogens is 1. The summed E-state index contributed by atoms with van der Waals surface area (Å²) in [4.78, 5) is 15.5. The smallest absolute Gasteiger partial charge is 0.129 e. The Hall–Kier alpha value is -0.700. The van der Waals surface area contributed by atoms with E-state index < -0.39 is 0 Å². The molecule has 0 spiro atoms. The SMILES string of the molecule is CC(=O)CCCc1nc(C2CCCC2)cs1. The van der Waals surface area contributed by atoms with Gasteiger partial charge < -0.3 is 4.79 Å². The lowest BCUT2D eigenvalue weighted by Crippen LogP contribution is -1.95. The molecule has 1 aromatic heterocycles. The van der Waals surface area contributed by atoms with E-state index in [1.807, 2.05) is 0 Å². The number of carbonyl (C=O) groups is 1. The van der Waals surface area contributed by atoms with Gasteiger partial charge in [0, 0.05) is 17.7 Å². The molecule has 0 atom stereocenters. The van der Waals surface area contributed by atoms with Crippen LogP contribution >= 0.6 is 11.3 Å². The molecule has 1 heterocycles. The molecule has 0 bridgehead atoms. The topological polar surface area (TPSA) is 30.0 Å². The molecule has 88 valence electrons. The van der Waals surface area contributed by atoms with Crippen LogP contribution in [0.3, 0.4) is 0 Å². The normalized spacial score (nSPS) is 16.8. The largest absolute Gasteiger partial charge is 0.300 e. The minimum atomic E-state index is 0.285. The Kier molecular flexibility index (Phi) is 4.10. The van der Waals surface area contributed by atoms with Crippen molar-refractivity contribution in [3.05, 3.63) is 16.1 Å². The molecule has 2 nitrogen and oxygen atoms in total. The molecule has 1 aromatic rings. The lowest BCUT2D eigenvalue weighted by Gasteiger charge is -2.03. The molecule has 0 N–H and O–H groups in total. The molecule has 16 heavy (non-hydrogen) atoms. The number of Topliss-reactive ketones (excluding diaryl/α,β-unsaturated/α-hetero) is 1. The van der Waals surface area contributed by atoms with Gasteiger partial charge in [-0.3, -0.25) is 0 Å². The van der Waals surface area contributed by atoms with Crippen LogP contribution in [0.25, 0.3) is 0 Å². The van der Waals surface area contributed by atoms with Crippen LogP contribution in [0.4, 0.5) is 0 Å². The Morgan fingerprint density at radius 3 is 2.94 bits per heavy atom. The van der Waals surface area contributed by atoms with Gasteiger partial charge in [-0.1, -0.05) is 12.8 Å². The van der Waals surface area contributed by atoms with E-state index in [2.05, 4.69) is 5.38 Å². The molecule has 3 heteroatoms. The Morgan fingerprint density at radius 2 is 2.25 bits per heavy atom. The van der Waals surface area contributed by atoms with Gasteiger partial charge in [0.05, 0.1) is 10.7 Å². The Bertz CT molecular complexity index is 353. The van der Waals surface area contributed by atoms with E-state index in [-0.39, 0.29) is 5.78 Å². The first kappa shape index (κ1) is 11.8. The highest BCUT2D eigenvalue weighted by atomic mass is 32.1. The Labute approximate surface area is 101 Å². The third-order valence-electron chi connectivity index (χ3n) is 3.26. The minimum Gasteiger partial charge on any atom is -0.300 e. The van der Waals surface area contributed by atoms with Crippen molar-refractivity contribution in [1.82, 2.24) is 4.98 Å². The van der Waals surface area contributed by atoms with Crippen LogP contribution in [-0.2, 0) is 11.2 Å². The van der Waals surface area contributed by atoms with E-state index >= 15 is 0 Å². The average Bonchev–Trinajstić information content (AvgIpc) is 2.85. The molecule has 0 unspecified atom stereocenters. The van der Waals surface area contributed by atoms with E-state index in [0.717, 1.165) is 18.8 Å². The van der Waals surface area contributed by atoms with Crippen LogP contribution in [0, 0.1) is 0 Å². The summed E-state index contributed by atoms with van der Waals surface area (Å²) in [5, 5.41) is 3.43. The number of rotatable bonds is 5. The fraction of sp³-hybridized carbons (Fsp3) is 0.692. The van der Waals surface area contributed by atoms with Crippen LogP contribution in [0.1, 0.15) is 62.1 Å². The van der Waals surface area contributed by atoms with Crippen LogP contribution in [-0.4, -0.2) is 10.8 Å². The molecule has 1 aliphatic carbocycles. The quantitative estimate of drug-likeness (QED) is 0.781. The summed E-state index contributed by atoms with van der Waals surface area (Å²) in [7, 11) is 0. The van der Waals surface area contributed by atoms with Crippen LogP contribution in [0.2, 0.25) is 0 Å². The number of hydrogen-bond donors (Lipinski definition) is 0. The summed E-state index contributed by atoms with van der Waals surface area (Å²) >= 11 is 1.77. The third-order valence-corrected chi connectivity index (χ3v) is 4.19. The van der Waals surface area contributed by atoms with Gasteiger partial charge in [-0.05, 0) is 32.6 Å². The fourth-order valence-corrected chi connectivity index (χ4v) is 3.26. The zero-order chi connectivity index (χ0) is 11.4. The molecular formula is C13H19NOS. The standard InChI is InChI=1S/C13H19NOS/c1-10(15)5-4-8-13-14-12(9-16-13)11-6-2-3-7-11/h9,11H,2-8H2,1H3. The van der Waals surface area contributed by atoms with E-state index in [1.54, 1.807) is 18.3 Å². The average molecular weight is 237 g/mol. The summed E-state index contributed by atoms with van der Waals surface area (Å²) in [6.45, 7) is 1.66.